The lowest BCUT2D eigenvalue weighted by molar-refractivity contribution is 0.299. The van der Waals surface area contributed by atoms with E-state index in [9.17, 15) is 0 Å². The number of nitrogens with zero attached hydrogens (tertiary/aromatic N) is 2. The summed E-state index contributed by atoms with van der Waals surface area (Å²) in [5.74, 6) is 2.62. The molecular formula is C25H24N2O2. The van der Waals surface area contributed by atoms with Crippen molar-refractivity contribution in [3.8, 4) is 11.5 Å². The summed E-state index contributed by atoms with van der Waals surface area (Å²) < 4.78 is 13.6. The molecule has 0 bridgehead atoms. The van der Waals surface area contributed by atoms with Crippen LogP contribution in [0.4, 0.5) is 0 Å². The summed E-state index contributed by atoms with van der Waals surface area (Å²) in [6.45, 7) is 3.34. The summed E-state index contributed by atoms with van der Waals surface area (Å²) in [6, 6.07) is 24.2. The van der Waals surface area contributed by atoms with E-state index in [0.29, 0.717) is 13.2 Å². The average Bonchev–Trinajstić information content (AvgIpc) is 3.10. The van der Waals surface area contributed by atoms with Gasteiger partial charge < -0.3 is 14.0 Å². The molecule has 4 aromatic rings. The summed E-state index contributed by atoms with van der Waals surface area (Å²) in [5.41, 5.74) is 4.28. The van der Waals surface area contributed by atoms with Crippen LogP contribution in [-0.4, -0.2) is 23.3 Å². The summed E-state index contributed by atoms with van der Waals surface area (Å²) >= 11 is 0. The topological polar surface area (TPSA) is 36.3 Å². The summed E-state index contributed by atoms with van der Waals surface area (Å²) in [6.07, 6.45) is 4.07. The van der Waals surface area contributed by atoms with E-state index in [-0.39, 0.29) is 0 Å². The first kappa shape index (κ1) is 18.8. The second kappa shape index (κ2) is 8.65. The van der Waals surface area contributed by atoms with Gasteiger partial charge in [0.2, 0.25) is 0 Å². The maximum atomic E-state index is 5.97. The van der Waals surface area contributed by atoms with Crippen LogP contribution < -0.4 is 9.47 Å². The number of hydrogen-bond acceptors (Lipinski definition) is 3. The van der Waals surface area contributed by atoms with Gasteiger partial charge in [0.25, 0.3) is 0 Å². The Labute approximate surface area is 171 Å². The Bertz CT molecular complexity index is 1140. The predicted octanol–water partition coefficient (Wildman–Crippen LogP) is 5.60. The third-order valence-corrected chi connectivity index (χ3v) is 4.81. The van der Waals surface area contributed by atoms with Crippen LogP contribution in [0.2, 0.25) is 0 Å². The van der Waals surface area contributed by atoms with E-state index in [1.807, 2.05) is 66.7 Å². The Hall–Kier alpha value is -3.53. The fraction of sp³-hybridized carbons (Fsp3) is 0.160. The van der Waals surface area contributed by atoms with Gasteiger partial charge in [0.15, 0.2) is 0 Å². The van der Waals surface area contributed by atoms with Crippen molar-refractivity contribution in [3.63, 3.8) is 0 Å². The van der Waals surface area contributed by atoms with Gasteiger partial charge in [-0.1, -0.05) is 42.5 Å². The number of hydrogen-bond donors (Lipinski definition) is 0. The molecule has 0 fully saturated rings. The molecule has 0 aliphatic heterocycles. The molecule has 0 spiro atoms. The molecular weight excluding hydrogens is 360 g/mol. The molecule has 0 saturated carbocycles. The van der Waals surface area contributed by atoms with E-state index < -0.39 is 0 Å². The molecule has 4 nitrogen and oxygen atoms in total. The Morgan fingerprint density at radius 2 is 1.76 bits per heavy atom. The lowest BCUT2D eigenvalue weighted by atomic mass is 10.2. The molecule has 0 N–H and O–H groups in total. The Morgan fingerprint density at radius 1 is 0.931 bits per heavy atom. The van der Waals surface area contributed by atoms with Gasteiger partial charge in [0, 0.05) is 5.56 Å². The summed E-state index contributed by atoms with van der Waals surface area (Å²) in [5, 5.41) is 0. The van der Waals surface area contributed by atoms with Crippen LogP contribution in [-0.2, 0) is 6.54 Å². The van der Waals surface area contributed by atoms with Crippen molar-refractivity contribution in [3.05, 3.63) is 89.7 Å². The molecule has 0 aliphatic carbocycles. The Balaban J connectivity index is 1.59. The number of para-hydroxylation sites is 3. The molecule has 0 unspecified atom stereocenters. The minimum atomic E-state index is 0.569. The molecule has 0 radical (unpaired) electrons. The first-order valence-electron chi connectivity index (χ1n) is 9.70. The molecule has 0 atom stereocenters. The Kier molecular flexibility index (Phi) is 5.61. The van der Waals surface area contributed by atoms with Crippen molar-refractivity contribution in [2.75, 3.05) is 13.7 Å². The van der Waals surface area contributed by atoms with Crippen LogP contribution in [0.1, 0.15) is 17.0 Å². The predicted molar refractivity (Wildman–Crippen MR) is 118 cm³/mol. The van der Waals surface area contributed by atoms with Crippen molar-refractivity contribution in [1.82, 2.24) is 9.55 Å². The Morgan fingerprint density at radius 3 is 2.62 bits per heavy atom. The van der Waals surface area contributed by atoms with E-state index in [4.69, 9.17) is 14.5 Å². The number of benzene rings is 3. The van der Waals surface area contributed by atoms with Crippen molar-refractivity contribution >= 4 is 23.2 Å². The molecule has 3 aromatic carbocycles. The maximum absolute atomic E-state index is 5.97. The second-order valence-electron chi connectivity index (χ2n) is 6.85. The molecule has 0 amide bonds. The van der Waals surface area contributed by atoms with Crippen molar-refractivity contribution < 1.29 is 9.47 Å². The highest BCUT2D eigenvalue weighted by Gasteiger charge is 2.09. The highest BCUT2D eigenvalue weighted by molar-refractivity contribution is 5.80. The minimum absolute atomic E-state index is 0.569. The number of aromatic nitrogens is 2. The zero-order valence-corrected chi connectivity index (χ0v) is 16.7. The molecule has 146 valence electrons. The van der Waals surface area contributed by atoms with E-state index in [1.165, 1.54) is 5.56 Å². The molecule has 1 heterocycles. The van der Waals surface area contributed by atoms with Crippen LogP contribution in [0, 0.1) is 6.92 Å². The maximum Gasteiger partial charge on any atom is 0.133 e. The third-order valence-electron chi connectivity index (χ3n) is 4.81. The van der Waals surface area contributed by atoms with Crippen LogP contribution in [0.3, 0.4) is 0 Å². The molecule has 1 aromatic heterocycles. The number of fused-ring (bicyclic) bond motifs is 1. The van der Waals surface area contributed by atoms with Gasteiger partial charge in [-0.25, -0.2) is 4.98 Å². The molecule has 4 heteroatoms. The number of ether oxygens (including phenoxy) is 2. The van der Waals surface area contributed by atoms with Gasteiger partial charge in [-0.3, -0.25) is 0 Å². The van der Waals surface area contributed by atoms with Gasteiger partial charge in [-0.2, -0.15) is 0 Å². The first-order valence-corrected chi connectivity index (χ1v) is 9.70. The van der Waals surface area contributed by atoms with E-state index in [1.54, 1.807) is 7.11 Å². The number of aryl methyl sites for hydroxylation is 1. The van der Waals surface area contributed by atoms with Gasteiger partial charge >= 0.3 is 0 Å². The molecule has 29 heavy (non-hydrogen) atoms. The normalized spacial score (nSPS) is 11.2. The standard InChI is InChI=1S/C25H24N2O2/c1-19-8-7-10-21(18-19)29-17-16-27-23-12-5-4-11-22(23)26-25(27)15-14-20-9-3-6-13-24(20)28-2/h3-15,18H,16-17H2,1-2H3. The first-order chi connectivity index (χ1) is 14.2. The zero-order chi connectivity index (χ0) is 20.1. The monoisotopic (exact) mass is 384 g/mol. The van der Waals surface area contributed by atoms with Gasteiger partial charge in [-0.05, 0) is 55.0 Å². The van der Waals surface area contributed by atoms with Gasteiger partial charge in [0.1, 0.15) is 23.9 Å². The largest absolute Gasteiger partial charge is 0.496 e. The van der Waals surface area contributed by atoms with E-state index in [0.717, 1.165) is 33.9 Å². The van der Waals surface area contributed by atoms with Crippen LogP contribution in [0.5, 0.6) is 11.5 Å². The lowest BCUT2D eigenvalue weighted by Crippen LogP contribution is -2.09. The number of methoxy groups -OCH3 is 1. The van der Waals surface area contributed by atoms with Gasteiger partial charge in [-0.15, -0.1) is 0 Å². The fourth-order valence-corrected chi connectivity index (χ4v) is 3.38. The fourth-order valence-electron chi connectivity index (χ4n) is 3.38. The smallest absolute Gasteiger partial charge is 0.133 e. The number of rotatable bonds is 7. The molecule has 0 saturated heterocycles. The van der Waals surface area contributed by atoms with Crippen LogP contribution in [0.15, 0.2) is 72.8 Å². The summed E-state index contributed by atoms with van der Waals surface area (Å²) in [7, 11) is 1.69. The third kappa shape index (κ3) is 4.32. The molecule has 0 aliphatic rings. The second-order valence-corrected chi connectivity index (χ2v) is 6.85. The minimum Gasteiger partial charge on any atom is -0.496 e. The van der Waals surface area contributed by atoms with Crippen LogP contribution >= 0.6 is 0 Å². The average molecular weight is 384 g/mol. The number of imidazole rings is 1. The van der Waals surface area contributed by atoms with Gasteiger partial charge in [0.05, 0.1) is 24.7 Å². The van der Waals surface area contributed by atoms with Crippen molar-refractivity contribution in [1.29, 1.82) is 0 Å². The van der Waals surface area contributed by atoms with E-state index in [2.05, 4.69) is 29.7 Å². The SMILES string of the molecule is COc1ccccc1C=Cc1nc2ccccc2n1CCOc1cccc(C)c1. The lowest BCUT2D eigenvalue weighted by Gasteiger charge is -2.10. The van der Waals surface area contributed by atoms with Crippen molar-refractivity contribution in [2.45, 2.75) is 13.5 Å². The van der Waals surface area contributed by atoms with Crippen LogP contribution in [0.25, 0.3) is 23.2 Å². The highest BCUT2D eigenvalue weighted by Crippen LogP contribution is 2.22. The highest BCUT2D eigenvalue weighted by atomic mass is 16.5. The summed E-state index contributed by atoms with van der Waals surface area (Å²) in [4.78, 5) is 4.80. The quantitative estimate of drug-likeness (QED) is 0.416. The van der Waals surface area contributed by atoms with Crippen molar-refractivity contribution in [2.24, 2.45) is 0 Å². The molecule has 4 rings (SSSR count). The zero-order valence-electron chi connectivity index (χ0n) is 16.7. The van der Waals surface area contributed by atoms with E-state index >= 15 is 0 Å².